The highest BCUT2D eigenvalue weighted by Crippen LogP contribution is 2.22. The van der Waals surface area contributed by atoms with Crippen LogP contribution in [0, 0.1) is 6.92 Å². The number of rotatable bonds is 4. The Balaban J connectivity index is 1.43. The number of carbonyl (C=O) groups excluding carboxylic acids is 1. The summed E-state index contributed by atoms with van der Waals surface area (Å²) in [5.74, 6) is -0.0501. The van der Waals surface area contributed by atoms with Gasteiger partial charge in [-0.25, -0.2) is 8.42 Å². The second-order valence-electron chi connectivity index (χ2n) is 7.01. The fourth-order valence-electron chi connectivity index (χ4n) is 3.45. The van der Waals surface area contributed by atoms with Crippen LogP contribution >= 0.6 is 0 Å². The van der Waals surface area contributed by atoms with Gasteiger partial charge in [0.25, 0.3) is 0 Å². The second kappa shape index (κ2) is 7.37. The lowest BCUT2D eigenvalue weighted by atomic mass is 10.1. The number of aryl methyl sites for hydroxylation is 1. The number of aromatic nitrogens is 2. The van der Waals surface area contributed by atoms with E-state index in [2.05, 4.69) is 5.10 Å². The van der Waals surface area contributed by atoms with Crippen LogP contribution in [0.3, 0.4) is 0 Å². The van der Waals surface area contributed by atoms with Crippen molar-refractivity contribution in [1.82, 2.24) is 19.0 Å². The van der Waals surface area contributed by atoms with Crippen molar-refractivity contribution in [3.05, 3.63) is 60.4 Å². The average molecular weight is 398 g/mol. The third-order valence-corrected chi connectivity index (χ3v) is 6.90. The van der Waals surface area contributed by atoms with Gasteiger partial charge in [0, 0.05) is 32.4 Å². The molecule has 4 rings (SSSR count). The number of hydrogen-bond acceptors (Lipinski definition) is 4. The van der Waals surface area contributed by atoms with Gasteiger partial charge in [-0.1, -0.05) is 30.3 Å². The van der Waals surface area contributed by atoms with Crippen molar-refractivity contribution >= 4 is 26.7 Å². The fourth-order valence-corrected chi connectivity index (χ4v) is 4.90. The average Bonchev–Trinajstić information content (AvgIpc) is 3.12. The molecule has 0 atom stereocenters. The topological polar surface area (TPSA) is 75.5 Å². The van der Waals surface area contributed by atoms with Gasteiger partial charge in [-0.05, 0) is 35.4 Å². The van der Waals surface area contributed by atoms with Crippen molar-refractivity contribution in [2.24, 2.45) is 0 Å². The lowest BCUT2D eigenvalue weighted by Crippen LogP contribution is -2.51. The number of fused-ring (bicyclic) bond motifs is 1. The van der Waals surface area contributed by atoms with Crippen molar-refractivity contribution in [3.63, 3.8) is 0 Å². The number of piperazine rings is 1. The quantitative estimate of drug-likeness (QED) is 0.672. The molecular weight excluding hydrogens is 376 g/mol. The summed E-state index contributed by atoms with van der Waals surface area (Å²) in [7, 11) is -3.58. The van der Waals surface area contributed by atoms with Crippen LogP contribution in [0.15, 0.2) is 59.8 Å². The Morgan fingerprint density at radius 3 is 2.43 bits per heavy atom. The first-order valence-corrected chi connectivity index (χ1v) is 10.6. The van der Waals surface area contributed by atoms with E-state index in [1.54, 1.807) is 27.9 Å². The summed E-state index contributed by atoms with van der Waals surface area (Å²) in [6, 6.07) is 12.9. The van der Waals surface area contributed by atoms with E-state index in [0.717, 1.165) is 16.3 Å². The zero-order valence-corrected chi connectivity index (χ0v) is 16.5. The highest BCUT2D eigenvalue weighted by molar-refractivity contribution is 7.89. The van der Waals surface area contributed by atoms with Crippen LogP contribution in [0.2, 0.25) is 0 Å². The van der Waals surface area contributed by atoms with Gasteiger partial charge in [0.15, 0.2) is 0 Å². The molecule has 0 bridgehead atoms. The van der Waals surface area contributed by atoms with E-state index in [1.807, 2.05) is 43.5 Å². The summed E-state index contributed by atoms with van der Waals surface area (Å²) in [4.78, 5) is 14.4. The van der Waals surface area contributed by atoms with E-state index in [-0.39, 0.29) is 17.3 Å². The lowest BCUT2D eigenvalue weighted by molar-refractivity contribution is -0.133. The van der Waals surface area contributed by atoms with E-state index in [9.17, 15) is 13.2 Å². The van der Waals surface area contributed by atoms with Crippen molar-refractivity contribution in [1.29, 1.82) is 0 Å². The van der Waals surface area contributed by atoms with Crippen LogP contribution < -0.4 is 0 Å². The monoisotopic (exact) mass is 398 g/mol. The molecule has 0 aliphatic carbocycles. The smallest absolute Gasteiger partial charge is 0.244 e. The second-order valence-corrected chi connectivity index (χ2v) is 8.95. The Bertz CT molecular complexity index is 1120. The Labute approximate surface area is 164 Å². The zero-order valence-electron chi connectivity index (χ0n) is 15.7. The van der Waals surface area contributed by atoms with Crippen molar-refractivity contribution in [2.75, 3.05) is 26.2 Å². The molecule has 2 heterocycles. The number of amides is 1. The molecule has 1 saturated heterocycles. The molecule has 28 heavy (non-hydrogen) atoms. The highest BCUT2D eigenvalue weighted by Gasteiger charge is 2.30. The van der Waals surface area contributed by atoms with E-state index in [0.29, 0.717) is 26.2 Å². The molecular formula is C20H22N4O3S. The van der Waals surface area contributed by atoms with E-state index in [4.69, 9.17) is 0 Å². The number of carbonyl (C=O) groups is 1. The molecule has 1 aliphatic rings. The van der Waals surface area contributed by atoms with E-state index >= 15 is 0 Å². The van der Waals surface area contributed by atoms with Gasteiger partial charge in [0.2, 0.25) is 15.9 Å². The molecule has 2 aromatic carbocycles. The fraction of sp³-hybridized carbons (Fsp3) is 0.300. The molecule has 0 spiro atoms. The summed E-state index contributed by atoms with van der Waals surface area (Å²) >= 11 is 0. The molecule has 0 unspecified atom stereocenters. The number of benzene rings is 2. The standard InChI is InChI=1S/C20H22N4O3S/c1-16-13-21-23(14-16)15-20(25)22-8-10-24(11-9-22)28(26,27)19-7-6-17-4-2-3-5-18(17)12-19/h2-7,12-14H,8-11,15H2,1H3. The van der Waals surface area contributed by atoms with Crippen molar-refractivity contribution in [3.8, 4) is 0 Å². The molecule has 146 valence electrons. The number of hydrogen-bond donors (Lipinski definition) is 0. The predicted molar refractivity (Wildman–Crippen MR) is 106 cm³/mol. The molecule has 0 saturated carbocycles. The summed E-state index contributed by atoms with van der Waals surface area (Å²) in [6.07, 6.45) is 3.53. The van der Waals surface area contributed by atoms with Crippen LogP contribution in [0.25, 0.3) is 10.8 Å². The Morgan fingerprint density at radius 2 is 1.75 bits per heavy atom. The van der Waals surface area contributed by atoms with Gasteiger partial charge in [0.1, 0.15) is 6.54 Å². The lowest BCUT2D eigenvalue weighted by Gasteiger charge is -2.34. The summed E-state index contributed by atoms with van der Waals surface area (Å²) in [5.41, 5.74) is 0.999. The highest BCUT2D eigenvalue weighted by atomic mass is 32.2. The minimum absolute atomic E-state index is 0.0501. The van der Waals surface area contributed by atoms with Gasteiger partial charge in [-0.2, -0.15) is 9.40 Å². The van der Waals surface area contributed by atoms with Gasteiger partial charge in [0.05, 0.1) is 11.1 Å². The van der Waals surface area contributed by atoms with Crippen molar-refractivity contribution < 1.29 is 13.2 Å². The van der Waals surface area contributed by atoms with Crippen LogP contribution in [0.4, 0.5) is 0 Å². The number of nitrogens with zero attached hydrogens (tertiary/aromatic N) is 4. The maximum atomic E-state index is 13.0. The molecule has 8 heteroatoms. The van der Waals surface area contributed by atoms with E-state index in [1.165, 1.54) is 4.31 Å². The summed E-state index contributed by atoms with van der Waals surface area (Å²) in [6.45, 7) is 3.44. The first-order valence-electron chi connectivity index (χ1n) is 9.19. The molecule has 3 aromatic rings. The molecule has 0 N–H and O–H groups in total. The van der Waals surface area contributed by atoms with Gasteiger partial charge in [-0.15, -0.1) is 0 Å². The molecule has 1 fully saturated rings. The van der Waals surface area contributed by atoms with Crippen LogP contribution in [-0.4, -0.2) is 59.5 Å². The Morgan fingerprint density at radius 1 is 1.04 bits per heavy atom. The zero-order chi connectivity index (χ0) is 19.7. The van der Waals surface area contributed by atoms with Gasteiger partial charge < -0.3 is 4.90 Å². The maximum Gasteiger partial charge on any atom is 0.244 e. The largest absolute Gasteiger partial charge is 0.338 e. The van der Waals surface area contributed by atoms with Crippen LogP contribution in [-0.2, 0) is 21.4 Å². The predicted octanol–water partition coefficient (Wildman–Crippen LogP) is 1.88. The minimum Gasteiger partial charge on any atom is -0.338 e. The van der Waals surface area contributed by atoms with E-state index < -0.39 is 10.0 Å². The first kappa shape index (κ1) is 18.6. The third-order valence-electron chi connectivity index (χ3n) is 5.01. The molecule has 0 radical (unpaired) electrons. The molecule has 1 aliphatic heterocycles. The minimum atomic E-state index is -3.58. The SMILES string of the molecule is Cc1cnn(CC(=O)N2CCN(S(=O)(=O)c3ccc4ccccc4c3)CC2)c1. The molecule has 1 amide bonds. The Kier molecular flexibility index (Phi) is 4.91. The first-order chi connectivity index (χ1) is 13.4. The van der Waals surface area contributed by atoms with Crippen molar-refractivity contribution in [2.45, 2.75) is 18.4 Å². The van der Waals surface area contributed by atoms with Crippen LogP contribution in [0.5, 0.6) is 0 Å². The summed E-state index contributed by atoms with van der Waals surface area (Å²) < 4.78 is 29.1. The molecule has 1 aromatic heterocycles. The maximum absolute atomic E-state index is 13.0. The van der Waals surface area contributed by atoms with Gasteiger partial charge in [-0.3, -0.25) is 9.48 Å². The Hall–Kier alpha value is -2.71. The van der Waals surface area contributed by atoms with Crippen LogP contribution in [0.1, 0.15) is 5.56 Å². The number of sulfonamides is 1. The third kappa shape index (κ3) is 3.65. The molecule has 7 nitrogen and oxygen atoms in total. The van der Waals surface area contributed by atoms with Gasteiger partial charge >= 0.3 is 0 Å². The normalized spacial score (nSPS) is 15.8. The summed E-state index contributed by atoms with van der Waals surface area (Å²) in [5, 5.41) is 6.03.